The molecule has 0 radical (unpaired) electrons. The molecule has 0 aliphatic heterocycles. The predicted molar refractivity (Wildman–Crippen MR) is 62.7 cm³/mol. The highest BCUT2D eigenvalue weighted by molar-refractivity contribution is 5.77. The zero-order valence-electron chi connectivity index (χ0n) is 9.74. The van der Waals surface area contributed by atoms with Crippen molar-refractivity contribution in [2.45, 2.75) is 50.1 Å². The summed E-state index contributed by atoms with van der Waals surface area (Å²) in [5, 5.41) is 14.5. The molecule has 0 aromatic heterocycles. The Morgan fingerprint density at radius 1 is 1.29 bits per heavy atom. The first-order chi connectivity index (χ1) is 8.10. The third-order valence-corrected chi connectivity index (χ3v) is 3.52. The Morgan fingerprint density at radius 2 is 1.94 bits per heavy atom. The Bertz CT molecular complexity index is 340. The average Bonchev–Trinajstić information content (AvgIpc) is 2.66. The molecular formula is C12H18N2O3. The molecule has 0 aromatic carbocycles. The van der Waals surface area contributed by atoms with Gasteiger partial charge in [0.05, 0.1) is 12.0 Å². The summed E-state index contributed by atoms with van der Waals surface area (Å²) in [6.45, 7) is 0. The maximum absolute atomic E-state index is 11.7. The van der Waals surface area contributed by atoms with Crippen LogP contribution in [0.5, 0.6) is 0 Å². The molecule has 0 heterocycles. The molecule has 0 aromatic rings. The Kier molecular flexibility index (Phi) is 3.36. The van der Waals surface area contributed by atoms with Gasteiger partial charge in [0.2, 0.25) is 0 Å². The van der Waals surface area contributed by atoms with E-state index in [0.717, 1.165) is 32.1 Å². The van der Waals surface area contributed by atoms with Gasteiger partial charge in [-0.2, -0.15) is 0 Å². The number of carboxylic acid groups (broad SMARTS) is 1. The van der Waals surface area contributed by atoms with Crippen LogP contribution in [0.25, 0.3) is 0 Å². The third kappa shape index (κ3) is 2.99. The van der Waals surface area contributed by atoms with Crippen LogP contribution in [-0.2, 0) is 4.79 Å². The second-order valence-corrected chi connectivity index (χ2v) is 4.94. The van der Waals surface area contributed by atoms with Gasteiger partial charge in [-0.3, -0.25) is 4.79 Å². The highest BCUT2D eigenvalue weighted by Crippen LogP contribution is 2.34. The van der Waals surface area contributed by atoms with Crippen molar-refractivity contribution in [1.29, 1.82) is 0 Å². The molecule has 2 amide bonds. The molecular weight excluding hydrogens is 220 g/mol. The van der Waals surface area contributed by atoms with E-state index in [2.05, 4.69) is 10.6 Å². The van der Waals surface area contributed by atoms with Crippen LogP contribution in [0.2, 0.25) is 0 Å². The summed E-state index contributed by atoms with van der Waals surface area (Å²) >= 11 is 0. The maximum atomic E-state index is 11.7. The molecule has 94 valence electrons. The summed E-state index contributed by atoms with van der Waals surface area (Å²) in [6.07, 6.45) is 8.33. The predicted octanol–water partition coefficient (Wildman–Crippen LogP) is 1.40. The van der Waals surface area contributed by atoms with Crippen LogP contribution in [0, 0.1) is 0 Å². The number of rotatable bonds is 4. The van der Waals surface area contributed by atoms with Crippen molar-refractivity contribution in [3.63, 3.8) is 0 Å². The molecule has 0 saturated heterocycles. The summed E-state index contributed by atoms with van der Waals surface area (Å²) in [5.41, 5.74) is -0.512. The van der Waals surface area contributed by atoms with Crippen molar-refractivity contribution in [2.75, 3.05) is 0 Å². The molecule has 17 heavy (non-hydrogen) atoms. The quantitative estimate of drug-likeness (QED) is 0.648. The Morgan fingerprint density at radius 3 is 2.41 bits per heavy atom. The molecule has 2 rings (SSSR count). The second-order valence-electron chi connectivity index (χ2n) is 4.94. The van der Waals surface area contributed by atoms with E-state index in [0.29, 0.717) is 0 Å². The minimum Gasteiger partial charge on any atom is -0.481 e. The van der Waals surface area contributed by atoms with Gasteiger partial charge in [0, 0.05) is 6.04 Å². The van der Waals surface area contributed by atoms with Gasteiger partial charge in [0.25, 0.3) is 0 Å². The van der Waals surface area contributed by atoms with Gasteiger partial charge in [-0.1, -0.05) is 12.2 Å². The minimum absolute atomic E-state index is 0.0172. The van der Waals surface area contributed by atoms with Crippen LogP contribution >= 0.6 is 0 Å². The fourth-order valence-electron chi connectivity index (χ4n) is 2.44. The standard InChI is InChI=1S/C12H18N2O3/c15-10(16)8-12(6-3-7-12)14-11(17)13-9-4-1-2-5-9/h1-2,9H,3-8H2,(H,15,16)(H2,13,14,17). The van der Waals surface area contributed by atoms with E-state index in [4.69, 9.17) is 5.11 Å². The van der Waals surface area contributed by atoms with Crippen LogP contribution in [0.15, 0.2) is 12.2 Å². The third-order valence-electron chi connectivity index (χ3n) is 3.52. The van der Waals surface area contributed by atoms with E-state index in [1.165, 1.54) is 0 Å². The number of carboxylic acids is 1. The summed E-state index contributed by atoms with van der Waals surface area (Å²) in [7, 11) is 0. The second kappa shape index (κ2) is 4.77. The van der Waals surface area contributed by atoms with Crippen molar-refractivity contribution in [2.24, 2.45) is 0 Å². The lowest BCUT2D eigenvalue weighted by Gasteiger charge is -2.41. The fraction of sp³-hybridized carbons (Fsp3) is 0.667. The van der Waals surface area contributed by atoms with E-state index in [9.17, 15) is 9.59 Å². The maximum Gasteiger partial charge on any atom is 0.315 e. The average molecular weight is 238 g/mol. The number of amides is 2. The lowest BCUT2D eigenvalue weighted by atomic mass is 9.74. The molecule has 2 aliphatic carbocycles. The van der Waals surface area contributed by atoms with Crippen molar-refractivity contribution in [1.82, 2.24) is 10.6 Å². The van der Waals surface area contributed by atoms with Crippen molar-refractivity contribution in [3.8, 4) is 0 Å². The summed E-state index contributed by atoms with van der Waals surface area (Å²) < 4.78 is 0. The first kappa shape index (κ1) is 12.0. The Labute approximate surface area is 100 Å². The minimum atomic E-state index is -0.854. The van der Waals surface area contributed by atoms with Crippen molar-refractivity contribution >= 4 is 12.0 Å². The molecule has 2 aliphatic rings. The number of nitrogens with one attached hydrogen (secondary N) is 2. The van der Waals surface area contributed by atoms with Crippen LogP contribution in [-0.4, -0.2) is 28.7 Å². The zero-order valence-corrected chi connectivity index (χ0v) is 9.74. The molecule has 0 bridgehead atoms. The molecule has 0 unspecified atom stereocenters. The van der Waals surface area contributed by atoms with Gasteiger partial charge in [-0.25, -0.2) is 4.79 Å². The van der Waals surface area contributed by atoms with E-state index in [-0.39, 0.29) is 18.5 Å². The lowest BCUT2D eigenvalue weighted by molar-refractivity contribution is -0.139. The van der Waals surface area contributed by atoms with Gasteiger partial charge in [-0.15, -0.1) is 0 Å². The normalized spacial score (nSPS) is 21.9. The number of carbonyl (C=O) groups excluding carboxylic acids is 1. The zero-order chi connectivity index (χ0) is 12.3. The van der Waals surface area contributed by atoms with Gasteiger partial charge in [0.1, 0.15) is 0 Å². The Balaban J connectivity index is 1.81. The van der Waals surface area contributed by atoms with Crippen LogP contribution in [0.3, 0.4) is 0 Å². The molecule has 1 saturated carbocycles. The summed E-state index contributed by atoms with van der Waals surface area (Å²) in [6, 6.07) is -0.0726. The Hall–Kier alpha value is -1.52. The molecule has 5 heteroatoms. The van der Waals surface area contributed by atoms with E-state index < -0.39 is 11.5 Å². The van der Waals surface area contributed by atoms with Crippen molar-refractivity contribution < 1.29 is 14.7 Å². The highest BCUT2D eigenvalue weighted by Gasteiger charge is 2.40. The van der Waals surface area contributed by atoms with E-state index >= 15 is 0 Å². The fourth-order valence-corrected chi connectivity index (χ4v) is 2.44. The van der Waals surface area contributed by atoms with Gasteiger partial charge in [-0.05, 0) is 32.1 Å². The molecule has 1 fully saturated rings. The topological polar surface area (TPSA) is 78.4 Å². The van der Waals surface area contributed by atoms with Gasteiger partial charge in [0.15, 0.2) is 0 Å². The highest BCUT2D eigenvalue weighted by atomic mass is 16.4. The first-order valence-corrected chi connectivity index (χ1v) is 6.05. The number of urea groups is 1. The smallest absolute Gasteiger partial charge is 0.315 e. The lowest BCUT2D eigenvalue weighted by Crippen LogP contribution is -2.58. The molecule has 5 nitrogen and oxygen atoms in total. The number of carbonyl (C=O) groups is 2. The molecule has 0 spiro atoms. The first-order valence-electron chi connectivity index (χ1n) is 6.05. The van der Waals surface area contributed by atoms with Crippen LogP contribution < -0.4 is 10.6 Å². The number of aliphatic carboxylic acids is 1. The van der Waals surface area contributed by atoms with E-state index in [1.807, 2.05) is 12.2 Å². The summed E-state index contributed by atoms with van der Waals surface area (Å²) in [5.74, 6) is -0.854. The SMILES string of the molecule is O=C(O)CC1(NC(=O)NC2CC=CC2)CCC1. The summed E-state index contributed by atoms with van der Waals surface area (Å²) in [4.78, 5) is 22.5. The monoisotopic (exact) mass is 238 g/mol. The van der Waals surface area contributed by atoms with Crippen molar-refractivity contribution in [3.05, 3.63) is 12.2 Å². The van der Waals surface area contributed by atoms with Gasteiger partial charge >= 0.3 is 12.0 Å². The molecule has 3 N–H and O–H groups in total. The van der Waals surface area contributed by atoms with Crippen LogP contribution in [0.4, 0.5) is 4.79 Å². The number of hydrogen-bond donors (Lipinski definition) is 3. The number of hydrogen-bond acceptors (Lipinski definition) is 2. The van der Waals surface area contributed by atoms with Crippen LogP contribution in [0.1, 0.15) is 38.5 Å². The molecule has 0 atom stereocenters. The van der Waals surface area contributed by atoms with E-state index in [1.54, 1.807) is 0 Å². The largest absolute Gasteiger partial charge is 0.481 e. The van der Waals surface area contributed by atoms with Gasteiger partial charge < -0.3 is 15.7 Å².